The number of benzene rings is 1. The lowest BCUT2D eigenvalue weighted by Crippen LogP contribution is -2.42. The van der Waals surface area contributed by atoms with Gasteiger partial charge < -0.3 is 5.32 Å². The molecule has 0 bridgehead atoms. The second kappa shape index (κ2) is 6.13. The van der Waals surface area contributed by atoms with Crippen LogP contribution < -0.4 is 5.32 Å². The van der Waals surface area contributed by atoms with Gasteiger partial charge in [0.05, 0.1) is 12.2 Å². The Bertz CT molecular complexity index is 549. The molecule has 0 saturated carbocycles. The fourth-order valence-electron chi connectivity index (χ4n) is 2.22. The molecule has 1 saturated heterocycles. The van der Waals surface area contributed by atoms with Gasteiger partial charge in [0.25, 0.3) is 0 Å². The van der Waals surface area contributed by atoms with E-state index < -0.39 is 0 Å². The van der Waals surface area contributed by atoms with Crippen molar-refractivity contribution in [3.05, 3.63) is 39.1 Å². The summed E-state index contributed by atoms with van der Waals surface area (Å²) in [5.74, 6) is 0. The number of piperazine rings is 1. The molecule has 1 N–H and O–H groups in total. The minimum atomic E-state index is 0.973. The molecule has 0 aliphatic carbocycles. The van der Waals surface area contributed by atoms with Crippen molar-refractivity contribution >= 4 is 27.3 Å². The van der Waals surface area contributed by atoms with Crippen molar-refractivity contribution in [1.82, 2.24) is 15.2 Å². The smallest absolute Gasteiger partial charge is 0.107 e. The minimum Gasteiger partial charge on any atom is -0.314 e. The van der Waals surface area contributed by atoms with E-state index in [1.54, 1.807) is 11.3 Å². The Hall–Kier alpha value is -0.750. The second-order valence-corrected chi connectivity index (χ2v) is 6.52. The van der Waals surface area contributed by atoms with Gasteiger partial charge in [-0.15, -0.1) is 11.3 Å². The van der Waals surface area contributed by atoms with Crippen molar-refractivity contribution in [3.8, 4) is 11.3 Å². The van der Waals surface area contributed by atoms with Crippen molar-refractivity contribution in [2.24, 2.45) is 0 Å². The fourth-order valence-corrected chi connectivity index (χ4v) is 3.47. The predicted octanol–water partition coefficient (Wildman–Crippen LogP) is 2.98. The van der Waals surface area contributed by atoms with Crippen LogP contribution in [0.25, 0.3) is 11.3 Å². The molecule has 0 spiro atoms. The first-order chi connectivity index (χ1) is 9.31. The van der Waals surface area contributed by atoms with Gasteiger partial charge in [-0.25, -0.2) is 4.98 Å². The number of aromatic nitrogens is 1. The van der Waals surface area contributed by atoms with Crippen LogP contribution in [0.3, 0.4) is 0 Å². The van der Waals surface area contributed by atoms with Gasteiger partial charge in [-0.1, -0.05) is 28.1 Å². The molecular weight excluding hydrogens is 322 g/mol. The van der Waals surface area contributed by atoms with Crippen LogP contribution in [0.1, 0.15) is 5.01 Å². The monoisotopic (exact) mass is 337 g/mol. The number of rotatable bonds is 3. The van der Waals surface area contributed by atoms with Crippen molar-refractivity contribution in [1.29, 1.82) is 0 Å². The van der Waals surface area contributed by atoms with Gasteiger partial charge in [0.2, 0.25) is 0 Å². The van der Waals surface area contributed by atoms with Crippen molar-refractivity contribution < 1.29 is 0 Å². The lowest BCUT2D eigenvalue weighted by Gasteiger charge is -2.26. The van der Waals surface area contributed by atoms with E-state index in [0.29, 0.717) is 0 Å². The molecular formula is C14H16BrN3S. The van der Waals surface area contributed by atoms with Crippen molar-refractivity contribution in [2.45, 2.75) is 6.54 Å². The van der Waals surface area contributed by atoms with Gasteiger partial charge in [-0.3, -0.25) is 4.90 Å². The van der Waals surface area contributed by atoms with Gasteiger partial charge in [0.1, 0.15) is 5.01 Å². The Labute approximate surface area is 125 Å². The highest BCUT2D eigenvalue weighted by molar-refractivity contribution is 9.10. The molecule has 0 amide bonds. The Kier molecular flexibility index (Phi) is 4.28. The number of nitrogens with zero attached hydrogens (tertiary/aromatic N) is 2. The van der Waals surface area contributed by atoms with E-state index in [0.717, 1.165) is 42.9 Å². The first-order valence-corrected chi connectivity index (χ1v) is 8.12. The zero-order valence-corrected chi connectivity index (χ0v) is 13.0. The summed E-state index contributed by atoms with van der Waals surface area (Å²) in [6, 6.07) is 8.31. The summed E-state index contributed by atoms with van der Waals surface area (Å²) >= 11 is 5.26. The largest absolute Gasteiger partial charge is 0.314 e. The molecule has 0 atom stereocenters. The summed E-state index contributed by atoms with van der Waals surface area (Å²) < 4.78 is 1.10. The maximum Gasteiger partial charge on any atom is 0.107 e. The molecule has 1 aromatic carbocycles. The molecule has 1 fully saturated rings. The minimum absolute atomic E-state index is 0.973. The zero-order chi connectivity index (χ0) is 13.1. The maximum atomic E-state index is 4.75. The molecule has 2 aromatic rings. The van der Waals surface area contributed by atoms with E-state index in [4.69, 9.17) is 4.98 Å². The van der Waals surface area contributed by atoms with Crippen LogP contribution in [0.15, 0.2) is 34.1 Å². The normalized spacial score (nSPS) is 16.7. The van der Waals surface area contributed by atoms with Crippen LogP contribution in [0.5, 0.6) is 0 Å². The fraction of sp³-hybridized carbons (Fsp3) is 0.357. The molecule has 3 rings (SSSR count). The second-order valence-electron chi connectivity index (χ2n) is 4.66. The van der Waals surface area contributed by atoms with E-state index in [1.165, 1.54) is 10.6 Å². The van der Waals surface area contributed by atoms with E-state index >= 15 is 0 Å². The van der Waals surface area contributed by atoms with E-state index in [2.05, 4.69) is 49.7 Å². The van der Waals surface area contributed by atoms with Gasteiger partial charge in [0.15, 0.2) is 0 Å². The molecule has 1 aliphatic rings. The van der Waals surface area contributed by atoms with Gasteiger partial charge >= 0.3 is 0 Å². The van der Waals surface area contributed by atoms with Crippen LogP contribution in [0.4, 0.5) is 0 Å². The average Bonchev–Trinajstić information content (AvgIpc) is 2.88. The quantitative estimate of drug-likeness (QED) is 0.933. The van der Waals surface area contributed by atoms with Gasteiger partial charge in [0, 0.05) is 41.6 Å². The molecule has 19 heavy (non-hydrogen) atoms. The number of hydrogen-bond donors (Lipinski definition) is 1. The number of nitrogens with one attached hydrogen (secondary N) is 1. The van der Waals surface area contributed by atoms with Crippen LogP contribution in [-0.4, -0.2) is 36.1 Å². The standard InChI is InChI=1S/C14H16BrN3S/c15-12-3-1-2-11(8-12)13-10-19-14(17-13)9-18-6-4-16-5-7-18/h1-3,8,10,16H,4-7,9H2. The summed E-state index contributed by atoms with van der Waals surface area (Å²) in [5.41, 5.74) is 2.26. The van der Waals surface area contributed by atoms with Crippen LogP contribution in [-0.2, 0) is 6.54 Å². The first-order valence-electron chi connectivity index (χ1n) is 6.45. The van der Waals surface area contributed by atoms with Crippen LogP contribution in [0, 0.1) is 0 Å². The highest BCUT2D eigenvalue weighted by Crippen LogP contribution is 2.25. The highest BCUT2D eigenvalue weighted by atomic mass is 79.9. The molecule has 5 heteroatoms. The zero-order valence-electron chi connectivity index (χ0n) is 10.6. The summed E-state index contributed by atoms with van der Waals surface area (Å²) in [7, 11) is 0. The molecule has 100 valence electrons. The summed E-state index contributed by atoms with van der Waals surface area (Å²) in [6.45, 7) is 5.38. The first kappa shape index (κ1) is 13.2. The van der Waals surface area contributed by atoms with Gasteiger partial charge in [-0.05, 0) is 12.1 Å². The number of thiazole rings is 1. The third-order valence-corrected chi connectivity index (χ3v) is 4.57. The molecule has 0 unspecified atom stereocenters. The number of halogens is 1. The molecule has 3 nitrogen and oxygen atoms in total. The highest BCUT2D eigenvalue weighted by Gasteiger charge is 2.12. The third kappa shape index (κ3) is 3.42. The van der Waals surface area contributed by atoms with Crippen molar-refractivity contribution in [2.75, 3.05) is 26.2 Å². The lowest BCUT2D eigenvalue weighted by atomic mass is 10.2. The molecule has 0 radical (unpaired) electrons. The molecule has 1 aromatic heterocycles. The third-order valence-electron chi connectivity index (χ3n) is 3.24. The lowest BCUT2D eigenvalue weighted by molar-refractivity contribution is 0.233. The predicted molar refractivity (Wildman–Crippen MR) is 83.4 cm³/mol. The summed E-state index contributed by atoms with van der Waals surface area (Å²) in [5, 5.41) is 6.73. The Morgan fingerprint density at radius 3 is 2.95 bits per heavy atom. The number of hydrogen-bond acceptors (Lipinski definition) is 4. The molecule has 2 heterocycles. The summed E-state index contributed by atoms with van der Waals surface area (Å²) in [4.78, 5) is 7.21. The average molecular weight is 338 g/mol. The topological polar surface area (TPSA) is 28.2 Å². The summed E-state index contributed by atoms with van der Waals surface area (Å²) in [6.07, 6.45) is 0. The Morgan fingerprint density at radius 1 is 1.32 bits per heavy atom. The van der Waals surface area contributed by atoms with E-state index in [-0.39, 0.29) is 0 Å². The van der Waals surface area contributed by atoms with E-state index in [1.807, 2.05) is 6.07 Å². The van der Waals surface area contributed by atoms with Gasteiger partial charge in [-0.2, -0.15) is 0 Å². The molecule has 1 aliphatic heterocycles. The SMILES string of the molecule is Brc1cccc(-c2csc(CN3CCNCC3)n2)c1. The maximum absolute atomic E-state index is 4.75. The Balaban J connectivity index is 1.72. The van der Waals surface area contributed by atoms with Crippen LogP contribution >= 0.6 is 27.3 Å². The van der Waals surface area contributed by atoms with E-state index in [9.17, 15) is 0 Å². The van der Waals surface area contributed by atoms with Crippen molar-refractivity contribution in [3.63, 3.8) is 0 Å². The van der Waals surface area contributed by atoms with Crippen LogP contribution in [0.2, 0.25) is 0 Å². The Morgan fingerprint density at radius 2 is 2.16 bits per heavy atom.